The van der Waals surface area contributed by atoms with Crippen LogP contribution in [0.5, 0.6) is 0 Å². The van der Waals surface area contributed by atoms with E-state index in [9.17, 15) is 4.57 Å². The summed E-state index contributed by atoms with van der Waals surface area (Å²) < 4.78 is 22.1. The van der Waals surface area contributed by atoms with Gasteiger partial charge in [0.2, 0.25) is 0 Å². The third-order valence-electron chi connectivity index (χ3n) is 1.32. The summed E-state index contributed by atoms with van der Waals surface area (Å²) in [5.74, 6) is 0. The molecule has 0 bridgehead atoms. The molecule has 0 aromatic rings. The van der Waals surface area contributed by atoms with Crippen molar-refractivity contribution < 1.29 is 18.5 Å². The van der Waals surface area contributed by atoms with E-state index in [1.165, 1.54) is 7.11 Å². The minimum Gasteiger partial charge on any atom is -0.399 e. The fraction of sp³-hybridized carbons (Fsp3) is 0.875. The van der Waals surface area contributed by atoms with Gasteiger partial charge in [0.05, 0.1) is 25.1 Å². The van der Waals surface area contributed by atoms with Crippen LogP contribution >= 0.6 is 7.60 Å². The molecule has 0 N–H and O–H groups in total. The molecule has 0 rings (SSSR count). The molecule has 0 saturated heterocycles. The first-order valence-electron chi connectivity index (χ1n) is 4.52. The highest BCUT2D eigenvalue weighted by Crippen LogP contribution is 2.47. The summed E-state index contributed by atoms with van der Waals surface area (Å²) in [5.41, 5.74) is 0.595. The average molecular weight is 223 g/mol. The molecule has 0 aromatic heterocycles. The Balaban J connectivity index is 4.35. The first-order valence-corrected chi connectivity index (χ1v) is 6.25. The van der Waals surface area contributed by atoms with E-state index in [0.717, 1.165) is 0 Å². The van der Waals surface area contributed by atoms with E-state index in [1.807, 2.05) is 0 Å². The van der Waals surface area contributed by atoms with Crippen LogP contribution in [0.15, 0.2) is 5.16 Å². The molecule has 0 unspecified atom stereocenters. The van der Waals surface area contributed by atoms with E-state index in [2.05, 4.69) is 9.99 Å². The summed E-state index contributed by atoms with van der Waals surface area (Å²) in [5, 5.41) is 3.66. The Bertz CT molecular complexity index is 219. The van der Waals surface area contributed by atoms with Gasteiger partial charge in [0.25, 0.3) is 0 Å². The molecular formula is C8H18NO4P. The third kappa shape index (κ3) is 5.37. The maximum atomic E-state index is 11.9. The van der Waals surface area contributed by atoms with E-state index in [4.69, 9.17) is 9.05 Å². The van der Waals surface area contributed by atoms with Gasteiger partial charge >= 0.3 is 7.60 Å². The predicted molar refractivity (Wildman–Crippen MR) is 55.8 cm³/mol. The molecule has 0 aliphatic carbocycles. The second kappa shape index (κ2) is 6.98. The lowest BCUT2D eigenvalue weighted by molar-refractivity contribution is 0.210. The van der Waals surface area contributed by atoms with Crippen LogP contribution in [0.1, 0.15) is 20.8 Å². The van der Waals surface area contributed by atoms with Crippen molar-refractivity contribution in [3.05, 3.63) is 0 Å². The largest absolute Gasteiger partial charge is 0.399 e. The number of oxime groups is 1. The van der Waals surface area contributed by atoms with Gasteiger partial charge in [-0.2, -0.15) is 0 Å². The maximum Gasteiger partial charge on any atom is 0.336 e. The number of nitrogens with zero attached hydrogens (tertiary/aromatic N) is 1. The molecule has 0 amide bonds. The zero-order valence-corrected chi connectivity index (χ0v) is 10.0. The van der Waals surface area contributed by atoms with E-state index in [0.29, 0.717) is 18.9 Å². The highest BCUT2D eigenvalue weighted by atomic mass is 31.2. The zero-order chi connectivity index (χ0) is 11.0. The molecule has 0 heterocycles. The molecule has 0 saturated carbocycles. The summed E-state index contributed by atoms with van der Waals surface area (Å²) in [6.45, 7) is 5.98. The van der Waals surface area contributed by atoms with Crippen LogP contribution in [-0.2, 0) is 18.5 Å². The Morgan fingerprint density at radius 1 is 1.29 bits per heavy atom. The smallest absolute Gasteiger partial charge is 0.336 e. The SMILES string of the molecule is CCOP(=O)(C/C(C)=N\OC)OCC. The molecule has 14 heavy (non-hydrogen) atoms. The Hall–Kier alpha value is -0.380. The lowest BCUT2D eigenvalue weighted by Gasteiger charge is -2.16. The quantitative estimate of drug-likeness (QED) is 0.377. The van der Waals surface area contributed by atoms with Crippen molar-refractivity contribution >= 4 is 13.3 Å². The van der Waals surface area contributed by atoms with E-state index < -0.39 is 7.60 Å². The Kier molecular flexibility index (Phi) is 6.79. The van der Waals surface area contributed by atoms with Crippen molar-refractivity contribution in [2.24, 2.45) is 5.16 Å². The van der Waals surface area contributed by atoms with Gasteiger partial charge < -0.3 is 13.9 Å². The summed E-state index contributed by atoms with van der Waals surface area (Å²) in [6, 6.07) is 0. The molecule has 6 heteroatoms. The summed E-state index contributed by atoms with van der Waals surface area (Å²) in [7, 11) is -1.58. The Morgan fingerprint density at radius 2 is 1.79 bits per heavy atom. The fourth-order valence-corrected chi connectivity index (χ4v) is 2.65. The normalized spacial score (nSPS) is 13.0. The average Bonchev–Trinajstić information content (AvgIpc) is 2.04. The lowest BCUT2D eigenvalue weighted by Crippen LogP contribution is -2.07. The fourth-order valence-electron chi connectivity index (χ4n) is 0.987. The van der Waals surface area contributed by atoms with Crippen LogP contribution in [0.25, 0.3) is 0 Å². The van der Waals surface area contributed by atoms with Crippen LogP contribution in [-0.4, -0.2) is 32.2 Å². The van der Waals surface area contributed by atoms with Crippen molar-refractivity contribution in [3.63, 3.8) is 0 Å². The van der Waals surface area contributed by atoms with Crippen molar-refractivity contribution in [2.75, 3.05) is 26.5 Å². The Morgan fingerprint density at radius 3 is 2.14 bits per heavy atom. The highest BCUT2D eigenvalue weighted by Gasteiger charge is 2.24. The summed E-state index contributed by atoms with van der Waals surface area (Å²) in [6.07, 6.45) is 0.169. The summed E-state index contributed by atoms with van der Waals surface area (Å²) >= 11 is 0. The van der Waals surface area contributed by atoms with Gasteiger partial charge in [-0.1, -0.05) is 5.16 Å². The van der Waals surface area contributed by atoms with Crippen LogP contribution in [0.2, 0.25) is 0 Å². The molecule has 0 spiro atoms. The van der Waals surface area contributed by atoms with Crippen LogP contribution < -0.4 is 0 Å². The molecule has 0 aliphatic rings. The minimum atomic E-state index is -3.02. The van der Waals surface area contributed by atoms with Gasteiger partial charge in [0.15, 0.2) is 0 Å². The first kappa shape index (κ1) is 13.6. The number of hydrogen-bond acceptors (Lipinski definition) is 5. The second-order valence-corrected chi connectivity index (χ2v) is 4.67. The molecule has 0 aliphatic heterocycles. The molecule has 0 aromatic carbocycles. The van der Waals surface area contributed by atoms with E-state index >= 15 is 0 Å². The van der Waals surface area contributed by atoms with Gasteiger partial charge in [-0.05, 0) is 20.8 Å². The van der Waals surface area contributed by atoms with E-state index in [1.54, 1.807) is 20.8 Å². The first-order chi connectivity index (χ1) is 6.58. The predicted octanol–water partition coefficient (Wildman–Crippen LogP) is 2.27. The summed E-state index contributed by atoms with van der Waals surface area (Å²) in [4.78, 5) is 4.56. The Labute approximate surface area is 84.9 Å². The second-order valence-electron chi connectivity index (χ2n) is 2.61. The number of rotatable bonds is 7. The topological polar surface area (TPSA) is 57.1 Å². The van der Waals surface area contributed by atoms with Crippen molar-refractivity contribution in [2.45, 2.75) is 20.8 Å². The minimum absolute atomic E-state index is 0.169. The molecule has 0 fully saturated rings. The highest BCUT2D eigenvalue weighted by molar-refractivity contribution is 7.54. The van der Waals surface area contributed by atoms with Crippen molar-refractivity contribution in [3.8, 4) is 0 Å². The van der Waals surface area contributed by atoms with Crippen molar-refractivity contribution in [1.82, 2.24) is 0 Å². The van der Waals surface area contributed by atoms with E-state index in [-0.39, 0.29) is 6.16 Å². The van der Waals surface area contributed by atoms with Gasteiger partial charge in [-0.3, -0.25) is 4.57 Å². The number of hydrogen-bond donors (Lipinski definition) is 0. The van der Waals surface area contributed by atoms with Crippen LogP contribution in [0.4, 0.5) is 0 Å². The standard InChI is InChI=1S/C8H18NO4P/c1-5-12-14(10,13-6-2)7-8(3)9-11-4/h5-7H2,1-4H3/b9-8-. The van der Waals surface area contributed by atoms with Crippen LogP contribution in [0, 0.1) is 0 Å². The van der Waals surface area contributed by atoms with Gasteiger partial charge in [-0.15, -0.1) is 0 Å². The van der Waals surface area contributed by atoms with Gasteiger partial charge in [0.1, 0.15) is 7.11 Å². The molecule has 84 valence electrons. The van der Waals surface area contributed by atoms with Gasteiger partial charge in [-0.25, -0.2) is 0 Å². The zero-order valence-electron chi connectivity index (χ0n) is 9.15. The van der Waals surface area contributed by atoms with Gasteiger partial charge in [0, 0.05) is 0 Å². The maximum absolute atomic E-state index is 11.9. The van der Waals surface area contributed by atoms with Crippen molar-refractivity contribution in [1.29, 1.82) is 0 Å². The molecule has 5 nitrogen and oxygen atoms in total. The monoisotopic (exact) mass is 223 g/mol. The molecular weight excluding hydrogens is 205 g/mol. The molecule has 0 radical (unpaired) electrons. The van der Waals surface area contributed by atoms with Crippen LogP contribution in [0.3, 0.4) is 0 Å². The molecule has 0 atom stereocenters. The lowest BCUT2D eigenvalue weighted by atomic mass is 10.5. The third-order valence-corrected chi connectivity index (χ3v) is 3.47.